The molecule has 102 valence electrons. The number of benzene rings is 1. The number of non-ortho nitro benzene ring substituents is 1. The maximum atomic E-state index is 10.9. The number of hydrogen-bond acceptors (Lipinski definition) is 8. The molecule has 1 aromatic rings. The van der Waals surface area contributed by atoms with Gasteiger partial charge in [0, 0.05) is 14.1 Å². The first-order valence-electron chi connectivity index (χ1n) is 4.82. The largest absolute Gasteiger partial charge is 0.307 e. The highest BCUT2D eigenvalue weighted by atomic mass is 16.6. The number of hydrogen-bond donors (Lipinski definition) is 1. The fraction of sp³-hybridized carbons (Fsp3) is 0.250. The Kier molecular flexibility index (Phi) is 3.91. The second-order valence-electron chi connectivity index (χ2n) is 3.39. The van der Waals surface area contributed by atoms with E-state index in [9.17, 15) is 30.3 Å². The zero-order chi connectivity index (χ0) is 14.7. The van der Waals surface area contributed by atoms with Crippen molar-refractivity contribution < 1.29 is 14.8 Å². The lowest BCUT2D eigenvalue weighted by atomic mass is 10.2. The van der Waals surface area contributed by atoms with Crippen LogP contribution in [0.3, 0.4) is 0 Å². The smallest absolute Gasteiger partial charge is 0.300 e. The van der Waals surface area contributed by atoms with E-state index in [0.29, 0.717) is 12.1 Å². The van der Waals surface area contributed by atoms with Crippen molar-refractivity contribution in [2.45, 2.75) is 0 Å². The summed E-state index contributed by atoms with van der Waals surface area (Å²) in [5.41, 5.74) is -0.0479. The highest BCUT2D eigenvalue weighted by molar-refractivity contribution is 5.77. The third-order valence-corrected chi connectivity index (χ3v) is 2.33. The fourth-order valence-electron chi connectivity index (χ4n) is 1.43. The molecule has 0 fully saturated rings. The number of anilines is 1. The summed E-state index contributed by atoms with van der Waals surface area (Å²) in [5, 5.41) is 33.5. The predicted molar refractivity (Wildman–Crippen MR) is 63.9 cm³/mol. The number of nitrogens with zero attached hydrogens (tertiary/aromatic N) is 4. The van der Waals surface area contributed by atoms with Crippen LogP contribution >= 0.6 is 0 Å². The van der Waals surface area contributed by atoms with Gasteiger partial charge in [-0.15, -0.1) is 0 Å². The fourth-order valence-corrected chi connectivity index (χ4v) is 1.43. The molecule has 0 aliphatic heterocycles. The molecular weight excluding hydrogens is 262 g/mol. The molecule has 1 N–H and O–H groups in total. The first kappa shape index (κ1) is 14.2. The van der Waals surface area contributed by atoms with E-state index in [4.69, 9.17) is 0 Å². The lowest BCUT2D eigenvalue weighted by molar-refractivity contribution is -0.402. The van der Waals surface area contributed by atoms with E-state index in [1.165, 1.54) is 14.1 Å². The molecule has 11 heteroatoms. The Labute approximate surface area is 105 Å². The minimum atomic E-state index is -0.927. The van der Waals surface area contributed by atoms with Crippen molar-refractivity contribution in [3.8, 4) is 0 Å². The Morgan fingerprint density at radius 3 is 1.68 bits per heavy atom. The molecule has 0 saturated heterocycles. The van der Waals surface area contributed by atoms with Gasteiger partial charge in [-0.1, -0.05) is 0 Å². The van der Waals surface area contributed by atoms with Gasteiger partial charge in [0.25, 0.3) is 5.69 Å². The van der Waals surface area contributed by atoms with Crippen molar-refractivity contribution in [2.75, 3.05) is 19.1 Å². The predicted octanol–water partition coefficient (Wildman–Crippen LogP) is 0.982. The molecule has 0 atom stereocenters. The molecule has 0 amide bonds. The van der Waals surface area contributed by atoms with Crippen LogP contribution in [-0.4, -0.2) is 28.9 Å². The van der Waals surface area contributed by atoms with E-state index < -0.39 is 31.8 Å². The van der Waals surface area contributed by atoms with Gasteiger partial charge in [-0.3, -0.25) is 35.4 Å². The first-order valence-corrected chi connectivity index (χ1v) is 4.82. The Balaban J connectivity index is 3.70. The molecular formula is C8H9N5O6. The maximum absolute atomic E-state index is 10.9. The Bertz CT molecular complexity index is 524. The third kappa shape index (κ3) is 2.71. The summed E-state index contributed by atoms with van der Waals surface area (Å²) >= 11 is 0. The summed E-state index contributed by atoms with van der Waals surface area (Å²) in [5.74, 6) is 0. The molecule has 0 heterocycles. The molecule has 0 aliphatic rings. The van der Waals surface area contributed by atoms with E-state index in [0.717, 1.165) is 5.01 Å². The van der Waals surface area contributed by atoms with Gasteiger partial charge < -0.3 is 0 Å². The van der Waals surface area contributed by atoms with Crippen LogP contribution in [0.25, 0.3) is 0 Å². The second kappa shape index (κ2) is 5.22. The van der Waals surface area contributed by atoms with Gasteiger partial charge in [-0.05, 0) is 0 Å². The summed E-state index contributed by atoms with van der Waals surface area (Å²) in [6.45, 7) is 0. The molecule has 0 bridgehead atoms. The minimum Gasteiger partial charge on any atom is -0.300 e. The number of rotatable bonds is 5. The summed E-state index contributed by atoms with van der Waals surface area (Å²) < 4.78 is 0. The highest BCUT2D eigenvalue weighted by Crippen LogP contribution is 2.39. The Morgan fingerprint density at radius 1 is 1.00 bits per heavy atom. The van der Waals surface area contributed by atoms with Crippen LogP contribution < -0.4 is 10.4 Å². The van der Waals surface area contributed by atoms with Gasteiger partial charge in [-0.25, -0.2) is 5.43 Å². The van der Waals surface area contributed by atoms with Gasteiger partial charge >= 0.3 is 11.4 Å². The molecule has 19 heavy (non-hydrogen) atoms. The summed E-state index contributed by atoms with van der Waals surface area (Å²) in [6, 6.07) is 1.35. The van der Waals surface area contributed by atoms with Crippen LogP contribution in [0.5, 0.6) is 0 Å². The van der Waals surface area contributed by atoms with Gasteiger partial charge in [0.15, 0.2) is 0 Å². The average molecular weight is 271 g/mol. The van der Waals surface area contributed by atoms with Crippen LogP contribution in [0.4, 0.5) is 22.7 Å². The number of nitrogens with one attached hydrogen (secondary N) is 1. The van der Waals surface area contributed by atoms with Crippen LogP contribution in [0, 0.1) is 30.3 Å². The standard InChI is InChI=1S/C8H9N5O6/c1-9-10(2)8-6(12(16)17)3-5(11(14)15)4-7(8)13(18)19/h3-4,9H,1-2H3. The molecule has 0 unspecified atom stereocenters. The normalized spacial score (nSPS) is 10.0. The zero-order valence-electron chi connectivity index (χ0n) is 9.89. The quantitative estimate of drug-likeness (QED) is 0.616. The molecule has 0 spiro atoms. The van der Waals surface area contributed by atoms with Crippen molar-refractivity contribution in [3.63, 3.8) is 0 Å². The highest BCUT2D eigenvalue weighted by Gasteiger charge is 2.32. The summed E-state index contributed by atoms with van der Waals surface area (Å²) in [7, 11) is 2.72. The van der Waals surface area contributed by atoms with Crippen LogP contribution in [-0.2, 0) is 0 Å². The van der Waals surface area contributed by atoms with Crippen LogP contribution in [0.15, 0.2) is 12.1 Å². The van der Waals surface area contributed by atoms with Crippen LogP contribution in [0.1, 0.15) is 0 Å². The topological polar surface area (TPSA) is 145 Å². The number of nitro groups is 3. The Hall–Kier alpha value is -2.82. The lowest BCUT2D eigenvalue weighted by Gasteiger charge is -2.16. The van der Waals surface area contributed by atoms with Gasteiger partial charge in [-0.2, -0.15) is 0 Å². The second-order valence-corrected chi connectivity index (χ2v) is 3.39. The average Bonchev–Trinajstić information content (AvgIpc) is 2.35. The SMILES string of the molecule is CNN(C)c1c([N+](=O)[O-])cc([N+](=O)[O-])cc1[N+](=O)[O-]. The van der Waals surface area contributed by atoms with E-state index in [2.05, 4.69) is 5.43 Å². The maximum Gasteiger partial charge on any atom is 0.307 e. The summed E-state index contributed by atoms with van der Waals surface area (Å²) in [6.07, 6.45) is 0. The van der Waals surface area contributed by atoms with Crippen molar-refractivity contribution in [1.82, 2.24) is 5.43 Å². The van der Waals surface area contributed by atoms with Crippen molar-refractivity contribution in [3.05, 3.63) is 42.5 Å². The Morgan fingerprint density at radius 2 is 1.42 bits per heavy atom. The molecule has 1 rings (SSSR count). The first-order chi connectivity index (χ1) is 8.79. The zero-order valence-corrected chi connectivity index (χ0v) is 9.89. The molecule has 0 saturated carbocycles. The minimum absolute atomic E-state index is 0.358. The van der Waals surface area contributed by atoms with E-state index in [1.807, 2.05) is 0 Å². The van der Waals surface area contributed by atoms with E-state index >= 15 is 0 Å². The number of nitro benzene ring substituents is 3. The molecule has 0 radical (unpaired) electrons. The third-order valence-electron chi connectivity index (χ3n) is 2.33. The molecule has 0 aliphatic carbocycles. The van der Waals surface area contributed by atoms with Crippen LogP contribution in [0.2, 0.25) is 0 Å². The number of hydrazine groups is 1. The lowest BCUT2D eigenvalue weighted by Crippen LogP contribution is -2.31. The van der Waals surface area contributed by atoms with Crippen molar-refractivity contribution >= 4 is 22.7 Å². The molecule has 11 nitrogen and oxygen atoms in total. The van der Waals surface area contributed by atoms with Gasteiger partial charge in [0.2, 0.25) is 5.69 Å². The van der Waals surface area contributed by atoms with Crippen molar-refractivity contribution in [2.24, 2.45) is 0 Å². The monoisotopic (exact) mass is 271 g/mol. The van der Waals surface area contributed by atoms with E-state index in [1.54, 1.807) is 0 Å². The van der Waals surface area contributed by atoms with Crippen molar-refractivity contribution in [1.29, 1.82) is 0 Å². The molecule has 0 aromatic heterocycles. The van der Waals surface area contributed by atoms with Gasteiger partial charge in [0.1, 0.15) is 0 Å². The van der Waals surface area contributed by atoms with Gasteiger partial charge in [0.05, 0.1) is 26.9 Å². The van der Waals surface area contributed by atoms with E-state index in [-0.39, 0.29) is 5.69 Å². The summed E-state index contributed by atoms with van der Waals surface area (Å²) in [4.78, 5) is 29.7. The molecule has 1 aromatic carbocycles.